The average molecular weight is 394 g/mol. The highest BCUT2D eigenvalue weighted by Crippen LogP contribution is 2.26. The first kappa shape index (κ1) is 20.6. The fraction of sp³-hybridized carbons (Fsp3) is 0.348. The van der Waals surface area contributed by atoms with E-state index in [0.29, 0.717) is 28.1 Å². The molecule has 1 aliphatic rings. The maximum absolute atomic E-state index is 12.9. The number of ether oxygens (including phenoxy) is 1. The van der Waals surface area contributed by atoms with Crippen molar-refractivity contribution in [2.45, 2.75) is 33.1 Å². The number of hydrogen-bond acceptors (Lipinski definition) is 4. The smallest absolute Gasteiger partial charge is 0.255 e. The average Bonchev–Trinajstić information content (AvgIpc) is 3.23. The first-order chi connectivity index (χ1) is 13.9. The summed E-state index contributed by atoms with van der Waals surface area (Å²) in [5.41, 5.74) is 3.02. The van der Waals surface area contributed by atoms with Crippen LogP contribution < -0.4 is 10.1 Å². The fourth-order valence-corrected chi connectivity index (χ4v) is 3.59. The first-order valence-corrected chi connectivity index (χ1v) is 9.77. The predicted octanol–water partition coefficient (Wildman–Crippen LogP) is 3.62. The molecule has 0 aliphatic carbocycles. The second-order valence-corrected chi connectivity index (χ2v) is 7.30. The van der Waals surface area contributed by atoms with E-state index in [1.165, 1.54) is 14.0 Å². The number of likely N-dealkylation sites (tertiary alicyclic amines) is 1. The van der Waals surface area contributed by atoms with E-state index in [1.807, 2.05) is 24.0 Å². The Morgan fingerprint density at radius 1 is 1.10 bits per heavy atom. The zero-order chi connectivity index (χ0) is 21.0. The number of benzene rings is 2. The third kappa shape index (κ3) is 4.65. The Bertz CT molecular complexity index is 946. The maximum Gasteiger partial charge on any atom is 0.255 e. The molecule has 6 nitrogen and oxygen atoms in total. The lowest BCUT2D eigenvalue weighted by molar-refractivity contribution is -0.115. The summed E-state index contributed by atoms with van der Waals surface area (Å²) in [7, 11) is 1.53. The van der Waals surface area contributed by atoms with Gasteiger partial charge in [0, 0.05) is 24.2 Å². The van der Waals surface area contributed by atoms with Gasteiger partial charge in [0.1, 0.15) is 5.75 Å². The number of amides is 2. The molecule has 0 spiro atoms. The molecule has 0 aromatic heterocycles. The summed E-state index contributed by atoms with van der Waals surface area (Å²) in [5.74, 6) is 0.140. The molecule has 1 fully saturated rings. The second-order valence-electron chi connectivity index (χ2n) is 7.30. The first-order valence-electron chi connectivity index (χ1n) is 9.77. The summed E-state index contributed by atoms with van der Waals surface area (Å²) in [6, 6.07) is 10.5. The number of para-hydroxylation sites is 1. The van der Waals surface area contributed by atoms with Crippen molar-refractivity contribution >= 4 is 23.3 Å². The highest BCUT2D eigenvalue weighted by molar-refractivity contribution is 6.05. The van der Waals surface area contributed by atoms with E-state index < -0.39 is 0 Å². The Kier molecular flexibility index (Phi) is 6.32. The number of hydrogen-bond donors (Lipinski definition) is 1. The van der Waals surface area contributed by atoms with Gasteiger partial charge in [-0.1, -0.05) is 12.1 Å². The topological polar surface area (TPSA) is 75.7 Å². The van der Waals surface area contributed by atoms with E-state index in [2.05, 4.69) is 5.32 Å². The number of ketones is 1. The van der Waals surface area contributed by atoms with Crippen LogP contribution in [0.4, 0.5) is 5.69 Å². The molecule has 152 valence electrons. The van der Waals surface area contributed by atoms with Gasteiger partial charge in [-0.25, -0.2) is 0 Å². The lowest BCUT2D eigenvalue weighted by atomic mass is 10.0. The lowest BCUT2D eigenvalue weighted by Gasteiger charge is -2.19. The largest absolute Gasteiger partial charge is 0.496 e. The molecule has 29 heavy (non-hydrogen) atoms. The van der Waals surface area contributed by atoms with Crippen LogP contribution in [-0.2, 0) is 11.2 Å². The molecule has 3 rings (SSSR count). The molecule has 2 aromatic carbocycles. The van der Waals surface area contributed by atoms with E-state index in [1.54, 1.807) is 24.3 Å². The Labute approximate surface area is 170 Å². The molecule has 1 aliphatic heterocycles. The van der Waals surface area contributed by atoms with Gasteiger partial charge in [-0.05, 0) is 56.5 Å². The molecule has 1 saturated heterocycles. The number of carbonyl (C=O) groups is 3. The van der Waals surface area contributed by atoms with Crippen LogP contribution >= 0.6 is 0 Å². The molecular formula is C23H26N2O4. The van der Waals surface area contributed by atoms with Crippen molar-refractivity contribution in [2.75, 3.05) is 25.5 Å². The zero-order valence-electron chi connectivity index (χ0n) is 17.1. The van der Waals surface area contributed by atoms with Gasteiger partial charge in [0.05, 0.1) is 24.8 Å². The van der Waals surface area contributed by atoms with Crippen LogP contribution in [0.3, 0.4) is 0 Å². The third-order valence-electron chi connectivity index (χ3n) is 5.20. The SMILES string of the molecule is COc1ccc(C(C)=O)cc1CC(=O)Nc1c(C)cccc1C(=O)N1CCCC1. The minimum atomic E-state index is -0.270. The van der Waals surface area contributed by atoms with Gasteiger partial charge in [-0.3, -0.25) is 14.4 Å². The monoisotopic (exact) mass is 394 g/mol. The summed E-state index contributed by atoms with van der Waals surface area (Å²) in [4.78, 5) is 39.2. The Morgan fingerprint density at radius 3 is 2.48 bits per heavy atom. The molecule has 0 bridgehead atoms. The van der Waals surface area contributed by atoms with E-state index in [-0.39, 0.29) is 24.0 Å². The van der Waals surface area contributed by atoms with Gasteiger partial charge in [-0.15, -0.1) is 0 Å². The second kappa shape index (κ2) is 8.90. The summed E-state index contributed by atoms with van der Waals surface area (Å²) in [5, 5.41) is 2.90. The van der Waals surface area contributed by atoms with Gasteiger partial charge in [0.15, 0.2) is 5.78 Å². The van der Waals surface area contributed by atoms with Crippen molar-refractivity contribution in [1.29, 1.82) is 0 Å². The summed E-state index contributed by atoms with van der Waals surface area (Å²) < 4.78 is 5.33. The van der Waals surface area contributed by atoms with E-state index >= 15 is 0 Å². The Hall–Kier alpha value is -3.15. The molecule has 0 atom stereocenters. The minimum absolute atomic E-state index is 0.0377. The van der Waals surface area contributed by atoms with Gasteiger partial charge < -0.3 is 15.0 Å². The van der Waals surface area contributed by atoms with Crippen LogP contribution in [0, 0.1) is 6.92 Å². The van der Waals surface area contributed by atoms with Gasteiger partial charge in [0.25, 0.3) is 5.91 Å². The summed E-state index contributed by atoms with van der Waals surface area (Å²) in [6.07, 6.45) is 2.05. The molecule has 2 aromatic rings. The third-order valence-corrected chi connectivity index (χ3v) is 5.20. The predicted molar refractivity (Wildman–Crippen MR) is 112 cm³/mol. The van der Waals surface area contributed by atoms with E-state index in [9.17, 15) is 14.4 Å². The number of carbonyl (C=O) groups excluding carboxylic acids is 3. The van der Waals surface area contributed by atoms with E-state index in [4.69, 9.17) is 4.74 Å². The van der Waals surface area contributed by atoms with Crippen molar-refractivity contribution in [3.63, 3.8) is 0 Å². The van der Waals surface area contributed by atoms with Crippen molar-refractivity contribution in [3.05, 3.63) is 58.7 Å². The number of nitrogens with one attached hydrogen (secondary N) is 1. The maximum atomic E-state index is 12.9. The number of aryl methyl sites for hydroxylation is 1. The van der Waals surface area contributed by atoms with Gasteiger partial charge >= 0.3 is 0 Å². The van der Waals surface area contributed by atoms with Crippen molar-refractivity contribution in [2.24, 2.45) is 0 Å². The number of Topliss-reactive ketones (excluding diaryl/α,β-unsaturated/α-hetero) is 1. The minimum Gasteiger partial charge on any atom is -0.496 e. The number of methoxy groups -OCH3 is 1. The van der Waals surface area contributed by atoms with Crippen LogP contribution in [0.2, 0.25) is 0 Å². The van der Waals surface area contributed by atoms with Crippen LogP contribution in [0.25, 0.3) is 0 Å². The Balaban J connectivity index is 1.84. The van der Waals surface area contributed by atoms with Crippen molar-refractivity contribution < 1.29 is 19.1 Å². The summed E-state index contributed by atoms with van der Waals surface area (Å²) in [6.45, 7) is 4.84. The van der Waals surface area contributed by atoms with Crippen molar-refractivity contribution in [1.82, 2.24) is 4.90 Å². The normalized spacial score (nSPS) is 13.3. The van der Waals surface area contributed by atoms with Gasteiger partial charge in [-0.2, -0.15) is 0 Å². The standard InChI is InChI=1S/C23H26N2O4/c1-15-7-6-8-19(23(28)25-11-4-5-12-25)22(15)24-21(27)14-18-13-17(16(2)26)9-10-20(18)29-3/h6-10,13H,4-5,11-12,14H2,1-3H3,(H,24,27). The molecule has 1 heterocycles. The zero-order valence-corrected chi connectivity index (χ0v) is 17.1. The van der Waals surface area contributed by atoms with Gasteiger partial charge in [0.2, 0.25) is 5.91 Å². The van der Waals surface area contributed by atoms with Crippen LogP contribution in [0.1, 0.15) is 51.6 Å². The molecule has 0 saturated carbocycles. The Morgan fingerprint density at radius 2 is 1.83 bits per heavy atom. The highest BCUT2D eigenvalue weighted by atomic mass is 16.5. The fourth-order valence-electron chi connectivity index (χ4n) is 3.59. The molecule has 1 N–H and O–H groups in total. The van der Waals surface area contributed by atoms with Crippen LogP contribution in [0.5, 0.6) is 5.75 Å². The molecule has 2 amide bonds. The quantitative estimate of drug-likeness (QED) is 0.759. The molecule has 6 heteroatoms. The molecule has 0 radical (unpaired) electrons. The highest BCUT2D eigenvalue weighted by Gasteiger charge is 2.23. The lowest BCUT2D eigenvalue weighted by Crippen LogP contribution is -2.29. The molecule has 0 unspecified atom stereocenters. The number of nitrogens with zero attached hydrogens (tertiary/aromatic N) is 1. The molecular weight excluding hydrogens is 368 g/mol. The van der Waals surface area contributed by atoms with Crippen molar-refractivity contribution in [3.8, 4) is 5.75 Å². The summed E-state index contributed by atoms with van der Waals surface area (Å²) >= 11 is 0. The van der Waals surface area contributed by atoms with Crippen LogP contribution in [0.15, 0.2) is 36.4 Å². The van der Waals surface area contributed by atoms with Crippen LogP contribution in [-0.4, -0.2) is 42.7 Å². The van der Waals surface area contributed by atoms with E-state index in [0.717, 1.165) is 31.5 Å². The number of rotatable bonds is 6. The number of anilines is 1.